The number of carbonyl (C=O) groups is 1. The Morgan fingerprint density at radius 2 is 1.42 bits per heavy atom. The number of nitrogens with zero attached hydrogens (tertiary/aromatic N) is 2. The number of hydrogen-bond donors (Lipinski definition) is 0. The van der Waals surface area contributed by atoms with Gasteiger partial charge in [-0.1, -0.05) is 60.7 Å². The van der Waals surface area contributed by atoms with Crippen molar-refractivity contribution in [1.82, 2.24) is 4.90 Å². The fraction of sp³-hybridized carbons (Fsp3) is 0.190. The molecular formula is C21H22N2O. The number of amides is 1. The van der Waals surface area contributed by atoms with E-state index in [2.05, 4.69) is 30.3 Å². The zero-order valence-corrected chi connectivity index (χ0v) is 14.3. The van der Waals surface area contributed by atoms with Gasteiger partial charge in [0.05, 0.1) is 0 Å². The van der Waals surface area contributed by atoms with E-state index in [-0.39, 0.29) is 11.9 Å². The van der Waals surface area contributed by atoms with Crippen molar-refractivity contribution in [3.8, 4) is 0 Å². The molecule has 122 valence electrons. The number of anilines is 1. The minimum atomic E-state index is -0.345. The molecule has 0 aliphatic rings. The van der Waals surface area contributed by atoms with Gasteiger partial charge in [0.15, 0.2) is 0 Å². The van der Waals surface area contributed by atoms with E-state index in [4.69, 9.17) is 0 Å². The van der Waals surface area contributed by atoms with Gasteiger partial charge in [0.1, 0.15) is 6.04 Å². The second kappa shape index (κ2) is 6.75. The predicted octanol–water partition coefficient (Wildman–Crippen LogP) is 4.11. The van der Waals surface area contributed by atoms with Crippen LogP contribution in [0.4, 0.5) is 5.69 Å². The third kappa shape index (κ3) is 3.11. The highest BCUT2D eigenvalue weighted by Gasteiger charge is 2.26. The third-order valence-corrected chi connectivity index (χ3v) is 4.32. The molecule has 0 aliphatic carbocycles. The first-order valence-corrected chi connectivity index (χ1v) is 8.05. The van der Waals surface area contributed by atoms with Crippen molar-refractivity contribution in [3.63, 3.8) is 0 Å². The Balaban J connectivity index is 2.04. The molecule has 0 aromatic heterocycles. The molecule has 24 heavy (non-hydrogen) atoms. The summed E-state index contributed by atoms with van der Waals surface area (Å²) in [6.45, 7) is 0. The molecule has 0 fully saturated rings. The molecule has 3 rings (SSSR count). The average molecular weight is 318 g/mol. The number of likely N-dealkylation sites (N-methyl/N-ethyl adjacent to an activating group) is 2. The van der Waals surface area contributed by atoms with Gasteiger partial charge in [0.25, 0.3) is 0 Å². The van der Waals surface area contributed by atoms with E-state index in [1.807, 2.05) is 54.4 Å². The lowest BCUT2D eigenvalue weighted by Gasteiger charge is -2.31. The van der Waals surface area contributed by atoms with Gasteiger partial charge in [-0.05, 0) is 28.5 Å². The van der Waals surface area contributed by atoms with Gasteiger partial charge in [0.2, 0.25) is 5.91 Å². The Labute approximate surface area is 143 Å². The fourth-order valence-electron chi connectivity index (χ4n) is 2.96. The maximum atomic E-state index is 12.8. The molecule has 0 heterocycles. The molecule has 0 radical (unpaired) electrons. The third-order valence-electron chi connectivity index (χ3n) is 4.32. The quantitative estimate of drug-likeness (QED) is 0.723. The fourth-order valence-corrected chi connectivity index (χ4v) is 2.96. The lowest BCUT2D eigenvalue weighted by atomic mass is 10.0. The Morgan fingerprint density at radius 3 is 2.08 bits per heavy atom. The molecule has 1 amide bonds. The second-order valence-corrected chi connectivity index (χ2v) is 6.19. The molecule has 0 saturated carbocycles. The van der Waals surface area contributed by atoms with E-state index in [0.29, 0.717) is 0 Å². The summed E-state index contributed by atoms with van der Waals surface area (Å²) in [5.41, 5.74) is 2.02. The lowest BCUT2D eigenvalue weighted by Crippen LogP contribution is -2.38. The minimum Gasteiger partial charge on any atom is -0.359 e. The van der Waals surface area contributed by atoms with Crippen LogP contribution in [0.3, 0.4) is 0 Å². The van der Waals surface area contributed by atoms with Crippen LogP contribution in [0, 0.1) is 0 Å². The van der Waals surface area contributed by atoms with Crippen molar-refractivity contribution >= 4 is 22.4 Å². The average Bonchev–Trinajstić information content (AvgIpc) is 2.62. The summed E-state index contributed by atoms with van der Waals surface area (Å²) in [5.74, 6) is 0.0665. The van der Waals surface area contributed by atoms with E-state index in [1.54, 1.807) is 19.0 Å². The smallest absolute Gasteiger partial charge is 0.249 e. The summed E-state index contributed by atoms with van der Waals surface area (Å²) in [6, 6.07) is 24.1. The van der Waals surface area contributed by atoms with Crippen LogP contribution in [0.2, 0.25) is 0 Å². The van der Waals surface area contributed by atoms with E-state index < -0.39 is 0 Å². The summed E-state index contributed by atoms with van der Waals surface area (Å²) in [7, 11) is 5.57. The van der Waals surface area contributed by atoms with Crippen molar-refractivity contribution in [1.29, 1.82) is 0 Å². The Hall–Kier alpha value is -2.81. The van der Waals surface area contributed by atoms with Crippen LogP contribution >= 0.6 is 0 Å². The minimum absolute atomic E-state index is 0.0665. The molecule has 3 heteroatoms. The summed E-state index contributed by atoms with van der Waals surface area (Å²) in [4.78, 5) is 16.5. The molecule has 0 unspecified atom stereocenters. The van der Waals surface area contributed by atoms with Crippen molar-refractivity contribution < 1.29 is 4.79 Å². The summed E-state index contributed by atoms with van der Waals surface area (Å²) < 4.78 is 0. The van der Waals surface area contributed by atoms with Crippen molar-refractivity contribution in [2.24, 2.45) is 0 Å². The van der Waals surface area contributed by atoms with Crippen molar-refractivity contribution in [3.05, 3.63) is 78.4 Å². The zero-order valence-electron chi connectivity index (χ0n) is 14.3. The van der Waals surface area contributed by atoms with Gasteiger partial charge < -0.3 is 9.80 Å². The number of benzene rings is 3. The molecule has 3 aromatic rings. The van der Waals surface area contributed by atoms with Crippen LogP contribution in [-0.4, -0.2) is 32.0 Å². The van der Waals surface area contributed by atoms with Gasteiger partial charge in [0, 0.05) is 26.8 Å². The first-order chi connectivity index (χ1) is 11.6. The zero-order chi connectivity index (χ0) is 17.1. The summed E-state index contributed by atoms with van der Waals surface area (Å²) >= 11 is 0. The Morgan fingerprint density at radius 1 is 0.792 bits per heavy atom. The number of carbonyl (C=O) groups excluding carboxylic acids is 1. The van der Waals surface area contributed by atoms with Gasteiger partial charge in [-0.3, -0.25) is 4.79 Å². The molecule has 1 atom stereocenters. The van der Waals surface area contributed by atoms with Crippen LogP contribution in [-0.2, 0) is 4.79 Å². The summed E-state index contributed by atoms with van der Waals surface area (Å²) in [6.07, 6.45) is 0. The second-order valence-electron chi connectivity index (χ2n) is 6.19. The van der Waals surface area contributed by atoms with Gasteiger partial charge in [-0.15, -0.1) is 0 Å². The molecule has 3 aromatic carbocycles. The topological polar surface area (TPSA) is 23.6 Å². The van der Waals surface area contributed by atoms with E-state index >= 15 is 0 Å². The molecular weight excluding hydrogens is 296 g/mol. The van der Waals surface area contributed by atoms with Gasteiger partial charge in [-0.2, -0.15) is 0 Å². The van der Waals surface area contributed by atoms with Crippen LogP contribution in [0.15, 0.2) is 72.8 Å². The molecule has 0 bridgehead atoms. The Kier molecular flexibility index (Phi) is 4.52. The maximum Gasteiger partial charge on any atom is 0.249 e. The molecule has 0 saturated heterocycles. The SMILES string of the molecule is CN(C)C(=O)[C@H](c1ccccc1)N(C)c1ccc2ccccc2c1. The first kappa shape index (κ1) is 16.1. The molecule has 3 nitrogen and oxygen atoms in total. The first-order valence-electron chi connectivity index (χ1n) is 8.05. The number of rotatable bonds is 4. The summed E-state index contributed by atoms with van der Waals surface area (Å²) in [5, 5.41) is 2.37. The normalized spacial score (nSPS) is 12.0. The van der Waals surface area contributed by atoms with E-state index in [0.717, 1.165) is 11.3 Å². The Bertz CT molecular complexity index is 843. The highest BCUT2D eigenvalue weighted by atomic mass is 16.2. The van der Waals surface area contributed by atoms with Crippen LogP contribution in [0.25, 0.3) is 10.8 Å². The van der Waals surface area contributed by atoms with E-state index in [1.165, 1.54) is 10.8 Å². The largest absolute Gasteiger partial charge is 0.359 e. The monoisotopic (exact) mass is 318 g/mol. The highest BCUT2D eigenvalue weighted by Crippen LogP contribution is 2.29. The predicted molar refractivity (Wildman–Crippen MR) is 100 cm³/mol. The van der Waals surface area contributed by atoms with Crippen LogP contribution in [0.1, 0.15) is 11.6 Å². The highest BCUT2D eigenvalue weighted by molar-refractivity contribution is 5.89. The van der Waals surface area contributed by atoms with Gasteiger partial charge >= 0.3 is 0 Å². The van der Waals surface area contributed by atoms with Crippen LogP contribution in [0.5, 0.6) is 0 Å². The molecule has 0 N–H and O–H groups in total. The van der Waals surface area contributed by atoms with Crippen molar-refractivity contribution in [2.45, 2.75) is 6.04 Å². The lowest BCUT2D eigenvalue weighted by molar-refractivity contribution is -0.130. The van der Waals surface area contributed by atoms with Crippen molar-refractivity contribution in [2.75, 3.05) is 26.0 Å². The number of fused-ring (bicyclic) bond motifs is 1. The molecule has 0 aliphatic heterocycles. The number of hydrogen-bond acceptors (Lipinski definition) is 2. The maximum absolute atomic E-state index is 12.8. The van der Waals surface area contributed by atoms with E-state index in [9.17, 15) is 4.79 Å². The molecule has 0 spiro atoms. The van der Waals surface area contributed by atoms with Crippen LogP contribution < -0.4 is 4.90 Å². The van der Waals surface area contributed by atoms with Gasteiger partial charge in [-0.25, -0.2) is 0 Å². The standard InChI is InChI=1S/C21H22N2O/c1-22(2)21(24)20(17-10-5-4-6-11-17)23(3)19-14-13-16-9-7-8-12-18(16)15-19/h4-15,20H,1-3H3/t20-/m0/s1.